The van der Waals surface area contributed by atoms with Gasteiger partial charge in [-0.25, -0.2) is 4.79 Å². The Morgan fingerprint density at radius 1 is 1.27 bits per heavy atom. The van der Waals surface area contributed by atoms with Crippen LogP contribution in [0.4, 0.5) is 0 Å². The highest BCUT2D eigenvalue weighted by Gasteiger charge is 2.28. The molecule has 1 aromatic carbocycles. The van der Waals surface area contributed by atoms with E-state index in [4.69, 9.17) is 4.74 Å². The molecule has 0 bridgehead atoms. The number of hydrogen-bond donors (Lipinski definition) is 0. The van der Waals surface area contributed by atoms with Gasteiger partial charge < -0.3 is 9.64 Å². The molecular weight excluding hydrogens is 282 g/mol. The number of nitrogens with zero attached hydrogens (tertiary/aromatic N) is 3. The molecule has 1 aromatic heterocycles. The summed E-state index contributed by atoms with van der Waals surface area (Å²) in [5, 5.41) is 4.16. The Labute approximate surface area is 128 Å². The second-order valence-corrected chi connectivity index (χ2v) is 5.07. The van der Waals surface area contributed by atoms with Gasteiger partial charge in [0.25, 0.3) is 5.91 Å². The molecule has 0 fully saturated rings. The van der Waals surface area contributed by atoms with Crippen LogP contribution in [-0.2, 0) is 17.8 Å². The van der Waals surface area contributed by atoms with Crippen molar-refractivity contribution < 1.29 is 14.3 Å². The van der Waals surface area contributed by atoms with Crippen LogP contribution in [0.15, 0.2) is 36.4 Å². The highest BCUT2D eigenvalue weighted by molar-refractivity contribution is 5.96. The molecular formula is C16H17N3O3. The van der Waals surface area contributed by atoms with Gasteiger partial charge >= 0.3 is 5.97 Å². The summed E-state index contributed by atoms with van der Waals surface area (Å²) in [5.74, 6) is -0.607. The minimum Gasteiger partial charge on any atom is -0.461 e. The van der Waals surface area contributed by atoms with Gasteiger partial charge in [-0.05, 0) is 12.5 Å². The second kappa shape index (κ2) is 6.01. The maximum absolute atomic E-state index is 12.5. The molecule has 0 unspecified atom stereocenters. The van der Waals surface area contributed by atoms with Gasteiger partial charge in [0.15, 0.2) is 5.69 Å². The Balaban J connectivity index is 1.79. The lowest BCUT2D eigenvalue weighted by Gasteiger charge is -2.27. The number of benzene rings is 1. The largest absolute Gasteiger partial charge is 0.461 e. The number of amides is 1. The number of hydrogen-bond acceptors (Lipinski definition) is 4. The van der Waals surface area contributed by atoms with Crippen molar-refractivity contribution in [2.75, 3.05) is 13.2 Å². The minimum absolute atomic E-state index is 0.113. The van der Waals surface area contributed by atoms with E-state index in [1.165, 1.54) is 6.07 Å². The first-order valence-electron chi connectivity index (χ1n) is 7.27. The van der Waals surface area contributed by atoms with Gasteiger partial charge in [-0.3, -0.25) is 9.48 Å². The third kappa shape index (κ3) is 2.72. The van der Waals surface area contributed by atoms with Gasteiger partial charge in [0, 0.05) is 19.2 Å². The quantitative estimate of drug-likeness (QED) is 0.806. The molecule has 1 aliphatic heterocycles. The van der Waals surface area contributed by atoms with Crippen molar-refractivity contribution in [2.45, 2.75) is 20.0 Å². The number of carbonyl (C=O) groups is 2. The molecule has 0 aliphatic carbocycles. The van der Waals surface area contributed by atoms with E-state index >= 15 is 0 Å². The summed E-state index contributed by atoms with van der Waals surface area (Å²) in [6.45, 7) is 3.73. The van der Waals surface area contributed by atoms with Crippen molar-refractivity contribution in [1.29, 1.82) is 0 Å². The Kier molecular flexibility index (Phi) is 3.91. The zero-order valence-electron chi connectivity index (χ0n) is 12.4. The van der Waals surface area contributed by atoms with Gasteiger partial charge in [-0.15, -0.1) is 0 Å². The maximum Gasteiger partial charge on any atom is 0.358 e. The van der Waals surface area contributed by atoms with Crippen LogP contribution in [0.25, 0.3) is 0 Å². The topological polar surface area (TPSA) is 64.4 Å². The van der Waals surface area contributed by atoms with Crippen molar-refractivity contribution in [3.63, 3.8) is 0 Å². The van der Waals surface area contributed by atoms with Crippen molar-refractivity contribution in [3.8, 4) is 0 Å². The standard InChI is InChI=1S/C16H17N3O3/c1-2-22-16(21)13-10-14-15(20)18(8-9-19(14)17-13)11-12-6-4-3-5-7-12/h3-7,10H,2,8-9,11H2,1H3. The minimum atomic E-state index is -0.494. The first-order chi connectivity index (χ1) is 10.7. The molecule has 0 radical (unpaired) electrons. The number of aromatic nitrogens is 2. The molecule has 0 atom stereocenters. The van der Waals surface area contributed by atoms with E-state index in [2.05, 4.69) is 5.10 Å². The monoisotopic (exact) mass is 299 g/mol. The number of fused-ring (bicyclic) bond motifs is 1. The molecule has 0 saturated heterocycles. The Bertz CT molecular complexity index is 694. The van der Waals surface area contributed by atoms with Gasteiger partial charge in [-0.1, -0.05) is 30.3 Å². The van der Waals surface area contributed by atoms with Crippen LogP contribution in [0, 0.1) is 0 Å². The molecule has 3 rings (SSSR count). The fourth-order valence-corrected chi connectivity index (χ4v) is 2.50. The molecule has 0 N–H and O–H groups in total. The van der Waals surface area contributed by atoms with Crippen LogP contribution < -0.4 is 0 Å². The summed E-state index contributed by atoms with van der Waals surface area (Å²) in [6, 6.07) is 11.3. The molecule has 0 spiro atoms. The number of esters is 1. The summed E-state index contributed by atoms with van der Waals surface area (Å²) < 4.78 is 6.50. The number of rotatable bonds is 4. The lowest BCUT2D eigenvalue weighted by Crippen LogP contribution is -2.39. The van der Waals surface area contributed by atoms with Gasteiger partial charge in [0.05, 0.1) is 13.2 Å². The SMILES string of the molecule is CCOC(=O)c1cc2n(n1)CCN(Cc1ccccc1)C2=O. The molecule has 6 nitrogen and oxygen atoms in total. The van der Waals surface area contributed by atoms with Gasteiger partial charge in [-0.2, -0.15) is 5.10 Å². The van der Waals surface area contributed by atoms with Crippen LogP contribution >= 0.6 is 0 Å². The van der Waals surface area contributed by atoms with Crippen LogP contribution in [0.5, 0.6) is 0 Å². The lowest BCUT2D eigenvalue weighted by atomic mass is 10.2. The summed E-state index contributed by atoms with van der Waals surface area (Å²) in [5.41, 5.74) is 1.70. The van der Waals surface area contributed by atoms with Crippen LogP contribution in [0.2, 0.25) is 0 Å². The molecule has 6 heteroatoms. The fraction of sp³-hybridized carbons (Fsp3) is 0.312. The van der Waals surface area contributed by atoms with E-state index < -0.39 is 5.97 Å². The van der Waals surface area contributed by atoms with Crippen molar-refractivity contribution in [1.82, 2.24) is 14.7 Å². The summed E-state index contributed by atoms with van der Waals surface area (Å²) in [6.07, 6.45) is 0. The smallest absolute Gasteiger partial charge is 0.358 e. The third-order valence-corrected chi connectivity index (χ3v) is 3.57. The van der Waals surface area contributed by atoms with Crippen molar-refractivity contribution >= 4 is 11.9 Å². The number of carbonyl (C=O) groups excluding carboxylic acids is 2. The second-order valence-electron chi connectivity index (χ2n) is 5.07. The Morgan fingerprint density at radius 3 is 2.77 bits per heavy atom. The zero-order chi connectivity index (χ0) is 15.5. The molecule has 1 amide bonds. The molecule has 1 aliphatic rings. The summed E-state index contributed by atoms with van der Waals surface area (Å²) in [7, 11) is 0. The van der Waals surface area contributed by atoms with Crippen molar-refractivity contribution in [2.24, 2.45) is 0 Å². The third-order valence-electron chi connectivity index (χ3n) is 3.57. The highest BCUT2D eigenvalue weighted by Crippen LogP contribution is 2.17. The summed E-state index contributed by atoms with van der Waals surface area (Å²) >= 11 is 0. The van der Waals surface area contributed by atoms with Crippen molar-refractivity contribution in [3.05, 3.63) is 53.3 Å². The van der Waals surface area contributed by atoms with E-state index in [0.29, 0.717) is 25.3 Å². The molecule has 0 saturated carbocycles. The van der Waals surface area contributed by atoms with E-state index in [1.54, 1.807) is 16.5 Å². The van der Waals surface area contributed by atoms with Crippen LogP contribution in [-0.4, -0.2) is 39.7 Å². The first-order valence-corrected chi connectivity index (χ1v) is 7.27. The lowest BCUT2D eigenvalue weighted by molar-refractivity contribution is 0.0517. The van der Waals surface area contributed by atoms with E-state index in [9.17, 15) is 9.59 Å². The molecule has 2 heterocycles. The number of ether oxygens (including phenoxy) is 1. The first kappa shape index (κ1) is 14.3. The Hall–Kier alpha value is -2.63. The van der Waals surface area contributed by atoms with Crippen LogP contribution in [0.3, 0.4) is 0 Å². The van der Waals surface area contributed by atoms with E-state index in [0.717, 1.165) is 5.56 Å². The molecule has 114 valence electrons. The van der Waals surface area contributed by atoms with Gasteiger partial charge in [0.2, 0.25) is 0 Å². The normalized spacial score (nSPS) is 13.9. The van der Waals surface area contributed by atoms with Gasteiger partial charge in [0.1, 0.15) is 5.69 Å². The average Bonchev–Trinajstić information content (AvgIpc) is 2.97. The fourth-order valence-electron chi connectivity index (χ4n) is 2.50. The van der Waals surface area contributed by atoms with E-state index in [1.807, 2.05) is 30.3 Å². The predicted molar refractivity (Wildman–Crippen MR) is 79.4 cm³/mol. The van der Waals surface area contributed by atoms with Crippen LogP contribution in [0.1, 0.15) is 33.5 Å². The average molecular weight is 299 g/mol. The van der Waals surface area contributed by atoms with E-state index in [-0.39, 0.29) is 18.2 Å². The Morgan fingerprint density at radius 2 is 2.05 bits per heavy atom. The summed E-state index contributed by atoms with van der Waals surface area (Å²) in [4.78, 5) is 26.0. The highest BCUT2D eigenvalue weighted by atomic mass is 16.5. The maximum atomic E-state index is 12.5. The predicted octanol–water partition coefficient (Wildman–Crippen LogP) is 1.72. The zero-order valence-corrected chi connectivity index (χ0v) is 12.4. The molecule has 22 heavy (non-hydrogen) atoms. The molecule has 2 aromatic rings.